The number of rotatable bonds is 10. The van der Waals surface area contributed by atoms with Crippen molar-refractivity contribution in [2.45, 2.75) is 12.8 Å². The number of non-ortho nitro benzene ring substituents is 2. The van der Waals surface area contributed by atoms with E-state index in [4.69, 9.17) is 40.3 Å². The summed E-state index contributed by atoms with van der Waals surface area (Å²) in [6, 6.07) is 5.56. The van der Waals surface area contributed by atoms with Crippen molar-refractivity contribution in [2.75, 3.05) is 16.5 Å². The first-order valence-electron chi connectivity index (χ1n) is 12.8. The molecule has 0 unspecified atom stereocenters. The second-order valence-corrected chi connectivity index (χ2v) is 26.3. The van der Waals surface area contributed by atoms with Crippen molar-refractivity contribution in [2.24, 2.45) is 38.7 Å². The molecule has 2 aromatic carbocycles. The Bertz CT molecular complexity index is 1800. The number of hydrogen-bond acceptors (Lipinski definition) is 11. The molecule has 3 aromatic rings. The molecule has 0 atom stereocenters. The number of benzene rings is 2. The number of aromatic nitrogens is 1. The van der Waals surface area contributed by atoms with E-state index in [2.05, 4.69) is 112 Å². The number of guanidine groups is 2. The zero-order valence-electron chi connectivity index (χ0n) is 26.8. The first-order valence-corrected chi connectivity index (χ1v) is 33.5. The Balaban J connectivity index is -0.000000362. The van der Waals surface area contributed by atoms with E-state index < -0.39 is 45.5 Å². The summed E-state index contributed by atoms with van der Waals surface area (Å²) in [6.07, 6.45) is -0.662. The molecule has 0 fully saturated rings. The number of nitro benzene ring substituents is 2. The molecule has 0 saturated carbocycles. The number of nitrogens with one attached hydrogen (secondary N) is 2. The van der Waals surface area contributed by atoms with Gasteiger partial charge in [-0.05, 0) is 24.4 Å². The van der Waals surface area contributed by atoms with Gasteiger partial charge in [-0.2, -0.15) is 9.98 Å². The van der Waals surface area contributed by atoms with Crippen molar-refractivity contribution in [3.05, 3.63) is 79.3 Å². The number of Topliss-reactive ketones (excluding diaryl/α,β-unsaturated/α-hetero) is 1. The van der Waals surface area contributed by atoms with E-state index in [0.717, 1.165) is 47.7 Å². The van der Waals surface area contributed by atoms with E-state index in [1.54, 1.807) is 5.38 Å². The summed E-state index contributed by atoms with van der Waals surface area (Å²) in [5.41, 5.74) is 24.1. The molecule has 2 amide bonds. The van der Waals surface area contributed by atoms with Gasteiger partial charge in [-0.15, -0.1) is 59.3 Å². The van der Waals surface area contributed by atoms with Gasteiger partial charge in [0.1, 0.15) is 11.6 Å². The van der Waals surface area contributed by atoms with Gasteiger partial charge < -0.3 is 39.3 Å². The molecule has 31 heteroatoms. The fourth-order valence-electron chi connectivity index (χ4n) is 2.89. The third-order valence-corrected chi connectivity index (χ3v) is 5.89. The minimum absolute atomic E-state index is 0. The summed E-state index contributed by atoms with van der Waals surface area (Å²) in [6.45, 7) is 0. The van der Waals surface area contributed by atoms with E-state index in [9.17, 15) is 43.4 Å². The van der Waals surface area contributed by atoms with E-state index in [0.29, 0.717) is 18.9 Å². The molecule has 1 heterocycles. The third kappa shape index (κ3) is 29.6. The number of carbonyl (C=O) groups excluding carboxylic acids is 3. The molecular formula is C24H27Cl2F2I6N12O7S2-. The monoisotopic (exact) mass is 1530 g/mol. The number of nitrogens with zero attached hydrogens (tertiary/aromatic N) is 5. The molecule has 0 aliphatic rings. The van der Waals surface area contributed by atoms with Crippen molar-refractivity contribution in [3.63, 3.8) is 0 Å². The van der Waals surface area contributed by atoms with Gasteiger partial charge in [-0.1, -0.05) is 0 Å². The standard InChI is InChI=1S/C12H11FN6O3S.C10H8ClFN2O4.C2H6N4S.ClH.I3.I2.HI/c13-8-2-1-7(19(21)22)4-9(8)17-10(20)3-6-5-23-12(16-6)18-11(14)15;11-5-7(15)4-10(16)13-9-3-6(14(17)18)1-2-8(9)12;3-1(4)6-2(5)7;;1-3-2;1-2;/h1-2,4-5H,3H2,(H,17,20)(H4,14,15,16,18);1-3H,4-5H2,(H,13,16);(H6,3,4,5,6,7);1H;;;1H/q;;;;-1;;. The number of ketones is 1. The number of carbonyl (C=O) groups is 3. The van der Waals surface area contributed by atoms with Crippen molar-refractivity contribution >= 4 is 209 Å². The van der Waals surface area contributed by atoms with Gasteiger partial charge in [0.25, 0.3) is 11.4 Å². The zero-order valence-corrected chi connectivity index (χ0v) is 43.1. The SMILES string of the molecule is Cl.I.II.I[I-]I.NC(=S)N=C(N)N.NC(N)=Nc1nc(CC(=O)Nc2cc([N+](=O)[O-])ccc2F)cs1.O=C(CCl)CC(=O)Nc1cc([N+](=O)[O-])ccc1F. The Morgan fingerprint density at radius 2 is 1.35 bits per heavy atom. The molecular weight excluding hydrogens is 1500 g/mol. The number of nitro groups is 2. The van der Waals surface area contributed by atoms with Crippen LogP contribution in [0.4, 0.5) is 36.7 Å². The maximum Gasteiger partial charge on any atom is 0.271 e. The Kier molecular flexibility index (Phi) is 38.2. The molecule has 0 aliphatic carbocycles. The van der Waals surface area contributed by atoms with Crippen molar-refractivity contribution in [3.8, 4) is 0 Å². The van der Waals surface area contributed by atoms with Crippen LogP contribution in [0, 0.1) is 31.9 Å². The van der Waals surface area contributed by atoms with Gasteiger partial charge in [0, 0.05) is 66.9 Å². The Morgan fingerprint density at radius 3 is 1.69 bits per heavy atom. The molecule has 0 saturated heterocycles. The van der Waals surface area contributed by atoms with Gasteiger partial charge in [-0.3, -0.25) is 34.6 Å². The van der Waals surface area contributed by atoms with E-state index in [1.165, 1.54) is 0 Å². The van der Waals surface area contributed by atoms with Gasteiger partial charge >= 0.3 is 50.5 Å². The number of amides is 2. The molecule has 0 radical (unpaired) electrons. The molecule has 0 bridgehead atoms. The van der Waals surface area contributed by atoms with Gasteiger partial charge in [-0.25, -0.2) is 13.8 Å². The normalized spacial score (nSPS) is 8.93. The first-order chi connectivity index (χ1) is 24.8. The molecule has 0 spiro atoms. The maximum absolute atomic E-state index is 13.6. The molecule has 308 valence electrons. The average molecular weight is 1530 g/mol. The Hall–Kier alpha value is -1.27. The summed E-state index contributed by atoms with van der Waals surface area (Å²) in [5.74, 6) is -4.08. The first kappa shape index (κ1) is 60.4. The van der Waals surface area contributed by atoms with Crippen LogP contribution in [0.2, 0.25) is 0 Å². The third-order valence-electron chi connectivity index (χ3n) is 4.72. The summed E-state index contributed by atoms with van der Waals surface area (Å²) in [4.78, 5) is 64.8. The van der Waals surface area contributed by atoms with Crippen LogP contribution in [0.3, 0.4) is 0 Å². The predicted molar refractivity (Wildman–Crippen MR) is 256 cm³/mol. The maximum atomic E-state index is 13.6. The van der Waals surface area contributed by atoms with Gasteiger partial charge in [0.15, 0.2) is 22.8 Å². The van der Waals surface area contributed by atoms with Crippen LogP contribution in [0.1, 0.15) is 12.1 Å². The summed E-state index contributed by atoms with van der Waals surface area (Å²) >= 11 is 20.2. The summed E-state index contributed by atoms with van der Waals surface area (Å²) < 4.78 is 26.8. The van der Waals surface area contributed by atoms with Crippen LogP contribution in [0.25, 0.3) is 0 Å². The average Bonchev–Trinajstić information content (AvgIpc) is 3.49. The molecule has 12 N–H and O–H groups in total. The second-order valence-electron chi connectivity index (χ2n) is 8.55. The number of thiazole rings is 1. The van der Waals surface area contributed by atoms with Crippen LogP contribution in [0.15, 0.2) is 51.8 Å². The van der Waals surface area contributed by atoms with Crippen LogP contribution in [-0.2, 0) is 20.8 Å². The van der Waals surface area contributed by atoms with Crippen LogP contribution in [-0.4, -0.2) is 55.3 Å². The number of thiocarbonyl (C=S) groups is 1. The minimum Gasteiger partial charge on any atom is -0.374 e. The fourth-order valence-corrected chi connectivity index (χ4v) is 3.80. The molecule has 55 heavy (non-hydrogen) atoms. The minimum atomic E-state index is -0.827. The van der Waals surface area contributed by atoms with Gasteiger partial charge in [0.2, 0.25) is 16.9 Å². The van der Waals surface area contributed by atoms with Crippen molar-refractivity contribution in [1.82, 2.24) is 4.98 Å². The zero-order chi connectivity index (χ0) is 41.3. The van der Waals surface area contributed by atoms with E-state index >= 15 is 0 Å². The fraction of sp³-hybridized carbons (Fsp3) is 0.125. The number of aliphatic imine (C=N–C) groups is 2. The summed E-state index contributed by atoms with van der Waals surface area (Å²) in [5, 5.41) is 27.3. The van der Waals surface area contributed by atoms with Crippen molar-refractivity contribution < 1.29 is 46.3 Å². The number of nitrogens with two attached hydrogens (primary N) is 5. The molecule has 3 rings (SSSR count). The van der Waals surface area contributed by atoms with Gasteiger partial charge in [0.05, 0.1) is 45.6 Å². The molecule has 19 nitrogen and oxygen atoms in total. The Morgan fingerprint density at radius 1 is 0.909 bits per heavy atom. The quantitative estimate of drug-likeness (QED) is 0.0224. The topological polar surface area (TPSA) is 329 Å². The molecule has 1 aromatic heterocycles. The van der Waals surface area contributed by atoms with Crippen LogP contribution in [0.5, 0.6) is 0 Å². The molecule has 0 aliphatic heterocycles. The summed E-state index contributed by atoms with van der Waals surface area (Å²) in [7, 11) is 0. The number of anilines is 2. The second kappa shape index (κ2) is 34.7. The Labute approximate surface area is 401 Å². The smallest absolute Gasteiger partial charge is 0.271 e. The number of alkyl halides is 1. The predicted octanol–water partition coefficient (Wildman–Crippen LogP) is 3.24. The van der Waals surface area contributed by atoms with E-state index in [-0.39, 0.29) is 93.6 Å². The van der Waals surface area contributed by atoms with Crippen LogP contribution < -0.4 is 52.6 Å². The number of hydrogen-bond donors (Lipinski definition) is 7. The van der Waals surface area contributed by atoms with E-state index in [1.807, 2.05) is 0 Å². The number of halogens is 10. The largest absolute Gasteiger partial charge is 0.374 e. The van der Waals surface area contributed by atoms with Crippen molar-refractivity contribution in [1.29, 1.82) is 0 Å². The van der Waals surface area contributed by atoms with Crippen LogP contribution >= 0.6 is 146 Å².